The van der Waals surface area contributed by atoms with Gasteiger partial charge in [0.25, 0.3) is 6.01 Å². The van der Waals surface area contributed by atoms with Gasteiger partial charge in [-0.3, -0.25) is 10.4 Å². The van der Waals surface area contributed by atoms with Crippen molar-refractivity contribution in [2.45, 2.75) is 12.3 Å². The standard InChI is InChI=1S/C19H18F3N5O3/c20-19(21,22)12-3-1-11(2-4-12)16-9-26-18(30-16)27-13-5-6-15(24-7-13)17(23)25-8-14(29)10-28/h1-7,9,14,28-29H,8,10H2,(H2,23,25)(H,26,27). The molecular weight excluding hydrogens is 403 g/mol. The first kappa shape index (κ1) is 21.3. The zero-order valence-electron chi connectivity index (χ0n) is 15.4. The summed E-state index contributed by atoms with van der Waals surface area (Å²) in [4.78, 5) is 8.15. The third-order valence-electron chi connectivity index (χ3n) is 4.00. The molecule has 1 aromatic carbocycles. The minimum Gasteiger partial charge on any atom is -0.423 e. The summed E-state index contributed by atoms with van der Waals surface area (Å²) in [5.74, 6) is 0.277. The molecule has 2 heterocycles. The minimum atomic E-state index is -4.41. The van der Waals surface area contributed by atoms with Crippen molar-refractivity contribution in [2.75, 3.05) is 18.5 Å². The predicted octanol–water partition coefficient (Wildman–Crippen LogP) is 2.77. The molecule has 0 saturated carbocycles. The molecule has 0 spiro atoms. The Morgan fingerprint density at radius 1 is 1.10 bits per heavy atom. The number of aliphatic hydroxyl groups excluding tert-OH is 2. The highest BCUT2D eigenvalue weighted by molar-refractivity contribution is 5.94. The summed E-state index contributed by atoms with van der Waals surface area (Å²) in [5, 5.41) is 31.4. The Morgan fingerprint density at radius 2 is 1.83 bits per heavy atom. The number of alkyl halides is 3. The van der Waals surface area contributed by atoms with Crippen LogP contribution in [0, 0.1) is 5.41 Å². The fourth-order valence-electron chi connectivity index (χ4n) is 2.40. The Hall–Kier alpha value is -3.44. The van der Waals surface area contributed by atoms with Crippen LogP contribution in [0.4, 0.5) is 24.9 Å². The van der Waals surface area contributed by atoms with Crippen LogP contribution in [-0.2, 0) is 6.18 Å². The number of oxazole rings is 1. The Bertz CT molecular complexity index is 988. The van der Waals surface area contributed by atoms with Gasteiger partial charge in [0.05, 0.1) is 36.4 Å². The molecule has 0 aliphatic heterocycles. The molecule has 0 radical (unpaired) electrons. The van der Waals surface area contributed by atoms with Gasteiger partial charge in [-0.2, -0.15) is 13.2 Å². The quantitative estimate of drug-likeness (QED) is 0.293. The van der Waals surface area contributed by atoms with Gasteiger partial charge in [0.15, 0.2) is 5.76 Å². The number of hydrogen-bond donors (Lipinski definition) is 5. The van der Waals surface area contributed by atoms with Crippen LogP contribution in [0.2, 0.25) is 0 Å². The predicted molar refractivity (Wildman–Crippen MR) is 102 cm³/mol. The number of rotatable bonds is 7. The molecule has 3 rings (SSSR count). The van der Waals surface area contributed by atoms with E-state index in [1.807, 2.05) is 0 Å². The van der Waals surface area contributed by atoms with E-state index >= 15 is 0 Å². The summed E-state index contributed by atoms with van der Waals surface area (Å²) >= 11 is 0. The molecule has 3 aromatic rings. The van der Waals surface area contributed by atoms with Crippen LogP contribution in [0.3, 0.4) is 0 Å². The number of amidine groups is 1. The van der Waals surface area contributed by atoms with Gasteiger partial charge < -0.3 is 25.3 Å². The number of hydrogen-bond acceptors (Lipinski definition) is 7. The van der Waals surface area contributed by atoms with Crippen molar-refractivity contribution in [3.05, 3.63) is 60.0 Å². The molecule has 1 unspecified atom stereocenters. The molecule has 0 aliphatic carbocycles. The maximum atomic E-state index is 12.7. The number of nitrogens with zero attached hydrogens (tertiary/aromatic N) is 2. The average molecular weight is 421 g/mol. The number of aromatic nitrogens is 2. The zero-order valence-corrected chi connectivity index (χ0v) is 15.4. The molecule has 158 valence electrons. The van der Waals surface area contributed by atoms with Gasteiger partial charge in [-0.1, -0.05) is 12.1 Å². The van der Waals surface area contributed by atoms with Gasteiger partial charge in [-0.25, -0.2) is 4.98 Å². The second-order valence-electron chi connectivity index (χ2n) is 6.25. The third-order valence-corrected chi connectivity index (χ3v) is 4.00. The molecule has 1 atom stereocenters. The van der Waals surface area contributed by atoms with E-state index in [4.69, 9.17) is 14.9 Å². The molecule has 0 bridgehead atoms. The fourth-order valence-corrected chi connectivity index (χ4v) is 2.40. The molecular formula is C19H18F3N5O3. The average Bonchev–Trinajstić information content (AvgIpc) is 3.20. The van der Waals surface area contributed by atoms with E-state index in [1.54, 1.807) is 12.1 Å². The topological polar surface area (TPSA) is 127 Å². The highest BCUT2D eigenvalue weighted by atomic mass is 19.4. The first-order chi connectivity index (χ1) is 14.3. The van der Waals surface area contributed by atoms with Gasteiger partial charge >= 0.3 is 6.18 Å². The number of pyridine rings is 1. The highest BCUT2D eigenvalue weighted by Gasteiger charge is 2.30. The van der Waals surface area contributed by atoms with E-state index in [0.717, 1.165) is 12.1 Å². The number of benzene rings is 1. The van der Waals surface area contributed by atoms with E-state index in [2.05, 4.69) is 20.6 Å². The lowest BCUT2D eigenvalue weighted by Gasteiger charge is -2.11. The molecule has 2 aromatic heterocycles. The molecule has 0 aliphatic rings. The van der Waals surface area contributed by atoms with Crippen molar-refractivity contribution in [3.63, 3.8) is 0 Å². The number of anilines is 2. The Balaban J connectivity index is 1.62. The van der Waals surface area contributed by atoms with Crippen LogP contribution in [0.1, 0.15) is 11.3 Å². The Kier molecular flexibility index (Phi) is 6.33. The SMILES string of the molecule is N=C(NCC(O)CO)c1ccc(Nc2ncc(-c3ccc(C(F)(F)F)cc3)o2)cn1. The van der Waals surface area contributed by atoms with E-state index in [-0.39, 0.29) is 18.4 Å². The molecule has 0 amide bonds. The van der Waals surface area contributed by atoms with Gasteiger partial charge in [0, 0.05) is 12.1 Å². The summed E-state index contributed by atoms with van der Waals surface area (Å²) in [5.41, 5.74) is 0.536. The van der Waals surface area contributed by atoms with Gasteiger partial charge in [0.1, 0.15) is 11.5 Å². The largest absolute Gasteiger partial charge is 0.423 e. The van der Waals surface area contributed by atoms with Crippen LogP contribution in [0.15, 0.2) is 53.2 Å². The first-order valence-corrected chi connectivity index (χ1v) is 8.74. The molecule has 11 heteroatoms. The van der Waals surface area contributed by atoms with E-state index < -0.39 is 24.5 Å². The van der Waals surface area contributed by atoms with Crippen molar-refractivity contribution < 1.29 is 27.8 Å². The van der Waals surface area contributed by atoms with Crippen LogP contribution in [-0.4, -0.2) is 45.3 Å². The lowest BCUT2D eigenvalue weighted by atomic mass is 10.1. The minimum absolute atomic E-state index is 0.0139. The van der Waals surface area contributed by atoms with Crippen LogP contribution >= 0.6 is 0 Å². The van der Waals surface area contributed by atoms with E-state index in [9.17, 15) is 18.3 Å². The van der Waals surface area contributed by atoms with E-state index in [1.165, 1.54) is 24.5 Å². The van der Waals surface area contributed by atoms with Gasteiger partial charge in [-0.05, 0) is 24.3 Å². The molecule has 0 saturated heterocycles. The zero-order chi connectivity index (χ0) is 21.7. The van der Waals surface area contributed by atoms with Crippen LogP contribution in [0.5, 0.6) is 0 Å². The second-order valence-corrected chi connectivity index (χ2v) is 6.25. The maximum Gasteiger partial charge on any atom is 0.416 e. The van der Waals surface area contributed by atoms with Crippen molar-refractivity contribution in [1.82, 2.24) is 15.3 Å². The third kappa shape index (κ3) is 5.33. The lowest BCUT2D eigenvalue weighted by Crippen LogP contribution is -2.34. The second kappa shape index (κ2) is 8.93. The van der Waals surface area contributed by atoms with Crippen LogP contribution < -0.4 is 10.6 Å². The summed E-state index contributed by atoms with van der Waals surface area (Å²) in [7, 11) is 0. The van der Waals surface area contributed by atoms with Crippen LogP contribution in [0.25, 0.3) is 11.3 Å². The lowest BCUT2D eigenvalue weighted by molar-refractivity contribution is -0.137. The monoisotopic (exact) mass is 421 g/mol. The number of nitrogens with one attached hydrogen (secondary N) is 3. The Labute approximate surface area is 168 Å². The van der Waals surface area contributed by atoms with Crippen molar-refractivity contribution in [3.8, 4) is 11.3 Å². The van der Waals surface area contributed by atoms with Crippen molar-refractivity contribution in [2.24, 2.45) is 0 Å². The smallest absolute Gasteiger partial charge is 0.416 e. The molecule has 0 fully saturated rings. The fraction of sp³-hybridized carbons (Fsp3) is 0.211. The summed E-state index contributed by atoms with van der Waals surface area (Å²) in [6, 6.07) is 7.85. The highest BCUT2D eigenvalue weighted by Crippen LogP contribution is 2.31. The Morgan fingerprint density at radius 3 is 2.43 bits per heavy atom. The van der Waals surface area contributed by atoms with Gasteiger partial charge in [-0.15, -0.1) is 0 Å². The van der Waals surface area contributed by atoms with E-state index in [0.29, 0.717) is 22.7 Å². The molecule has 5 N–H and O–H groups in total. The molecule has 30 heavy (non-hydrogen) atoms. The normalized spacial score (nSPS) is 12.4. The number of halogens is 3. The summed E-state index contributed by atoms with van der Waals surface area (Å²) in [6.07, 6.45) is -2.55. The first-order valence-electron chi connectivity index (χ1n) is 8.74. The number of aliphatic hydroxyl groups is 2. The van der Waals surface area contributed by atoms with Crippen molar-refractivity contribution in [1.29, 1.82) is 5.41 Å². The van der Waals surface area contributed by atoms with Crippen molar-refractivity contribution >= 4 is 17.5 Å². The summed E-state index contributed by atoms with van der Waals surface area (Å²) < 4.78 is 43.5. The maximum absolute atomic E-state index is 12.7. The van der Waals surface area contributed by atoms with Gasteiger partial charge in [0.2, 0.25) is 0 Å². The molecule has 8 nitrogen and oxygen atoms in total. The summed E-state index contributed by atoms with van der Waals surface area (Å²) in [6.45, 7) is -0.402.